The molecule has 2 amide bonds. The second kappa shape index (κ2) is 8.72. The van der Waals surface area contributed by atoms with E-state index in [0.29, 0.717) is 29.4 Å². The highest BCUT2D eigenvalue weighted by Gasteiger charge is 2.36. The Bertz CT molecular complexity index is 790. The first-order chi connectivity index (χ1) is 12.3. The van der Waals surface area contributed by atoms with Gasteiger partial charge in [0.1, 0.15) is 11.2 Å². The Hall–Kier alpha value is -2.53. The first-order valence-corrected chi connectivity index (χ1v) is 8.69. The smallest absolute Gasteiger partial charge is 0.239 e. The lowest BCUT2D eigenvalue weighted by Crippen LogP contribution is -2.45. The van der Waals surface area contributed by atoms with E-state index in [2.05, 4.69) is 10.6 Å². The molecule has 0 saturated heterocycles. The van der Waals surface area contributed by atoms with Crippen LogP contribution in [0.1, 0.15) is 19.4 Å². The molecule has 5 nitrogen and oxygen atoms in total. The van der Waals surface area contributed by atoms with E-state index in [-0.39, 0.29) is 5.91 Å². The molecule has 0 spiro atoms. The molecular weight excluding hydrogens is 352 g/mol. The Morgan fingerprint density at radius 2 is 1.81 bits per heavy atom. The SMILES string of the molecule is COc1ccccc1NC(=O)C(C)(C)C(=O)NCCc1cccc(Cl)c1. The summed E-state index contributed by atoms with van der Waals surface area (Å²) in [4.78, 5) is 25.1. The first-order valence-electron chi connectivity index (χ1n) is 8.32. The van der Waals surface area contributed by atoms with Gasteiger partial charge >= 0.3 is 0 Å². The summed E-state index contributed by atoms with van der Waals surface area (Å²) in [6, 6.07) is 14.5. The van der Waals surface area contributed by atoms with Gasteiger partial charge in [-0.2, -0.15) is 0 Å². The van der Waals surface area contributed by atoms with Gasteiger partial charge in [-0.05, 0) is 50.1 Å². The molecular formula is C20H23ClN2O3. The van der Waals surface area contributed by atoms with Crippen molar-refractivity contribution in [2.24, 2.45) is 5.41 Å². The largest absolute Gasteiger partial charge is 0.495 e. The predicted octanol–water partition coefficient (Wildman–Crippen LogP) is 3.67. The molecule has 0 unspecified atom stereocenters. The van der Waals surface area contributed by atoms with E-state index in [9.17, 15) is 9.59 Å². The molecule has 0 atom stereocenters. The van der Waals surface area contributed by atoms with Crippen LogP contribution in [0.2, 0.25) is 5.02 Å². The van der Waals surface area contributed by atoms with Gasteiger partial charge in [-0.3, -0.25) is 9.59 Å². The number of hydrogen-bond donors (Lipinski definition) is 2. The number of benzene rings is 2. The Balaban J connectivity index is 1.94. The lowest BCUT2D eigenvalue weighted by Gasteiger charge is -2.23. The van der Waals surface area contributed by atoms with E-state index in [1.165, 1.54) is 7.11 Å². The molecule has 0 fully saturated rings. The van der Waals surface area contributed by atoms with Gasteiger partial charge in [-0.1, -0.05) is 35.9 Å². The Morgan fingerprint density at radius 1 is 1.08 bits per heavy atom. The average molecular weight is 375 g/mol. The fourth-order valence-corrected chi connectivity index (χ4v) is 2.58. The third kappa shape index (κ3) is 4.99. The van der Waals surface area contributed by atoms with E-state index in [1.807, 2.05) is 24.3 Å². The Kier molecular flexibility index (Phi) is 6.64. The summed E-state index contributed by atoms with van der Waals surface area (Å²) < 4.78 is 5.22. The van der Waals surface area contributed by atoms with Crippen LogP contribution in [0.5, 0.6) is 5.75 Å². The number of carbonyl (C=O) groups is 2. The van der Waals surface area contributed by atoms with Gasteiger partial charge in [0.05, 0.1) is 12.8 Å². The van der Waals surface area contributed by atoms with Crippen LogP contribution >= 0.6 is 11.6 Å². The quantitative estimate of drug-likeness (QED) is 0.726. The number of ether oxygens (including phenoxy) is 1. The van der Waals surface area contributed by atoms with Crippen LogP contribution in [-0.2, 0) is 16.0 Å². The van der Waals surface area contributed by atoms with Crippen LogP contribution in [0.3, 0.4) is 0 Å². The zero-order valence-electron chi connectivity index (χ0n) is 15.1. The zero-order valence-corrected chi connectivity index (χ0v) is 15.9. The van der Waals surface area contributed by atoms with Crippen molar-refractivity contribution >= 4 is 29.1 Å². The van der Waals surface area contributed by atoms with E-state index in [0.717, 1.165) is 5.56 Å². The van der Waals surface area contributed by atoms with Gasteiger partial charge < -0.3 is 15.4 Å². The minimum Gasteiger partial charge on any atom is -0.495 e. The summed E-state index contributed by atoms with van der Waals surface area (Å²) in [7, 11) is 1.53. The van der Waals surface area contributed by atoms with Crippen molar-refractivity contribution < 1.29 is 14.3 Å². The monoisotopic (exact) mass is 374 g/mol. The molecule has 6 heteroatoms. The number of amides is 2. The number of rotatable bonds is 7. The maximum atomic E-state index is 12.6. The van der Waals surface area contributed by atoms with Crippen molar-refractivity contribution in [2.45, 2.75) is 20.3 Å². The summed E-state index contributed by atoms with van der Waals surface area (Å²) >= 11 is 5.95. The molecule has 0 aliphatic rings. The van der Waals surface area contributed by atoms with Crippen LogP contribution in [-0.4, -0.2) is 25.5 Å². The number of methoxy groups -OCH3 is 1. The highest BCUT2D eigenvalue weighted by atomic mass is 35.5. The minimum atomic E-state index is -1.23. The predicted molar refractivity (Wildman–Crippen MR) is 104 cm³/mol. The molecule has 138 valence electrons. The summed E-state index contributed by atoms with van der Waals surface area (Å²) in [6.07, 6.45) is 0.635. The maximum Gasteiger partial charge on any atom is 0.239 e. The van der Waals surface area contributed by atoms with Gasteiger partial charge in [0.2, 0.25) is 11.8 Å². The standard InChI is InChI=1S/C20H23ClN2O3/c1-20(2,19(25)23-16-9-4-5-10-17(16)26-3)18(24)22-12-11-14-7-6-8-15(21)13-14/h4-10,13H,11-12H2,1-3H3,(H,22,24)(H,23,25). The van der Waals surface area contributed by atoms with Gasteiger partial charge in [0.15, 0.2) is 0 Å². The Labute approximate surface area is 158 Å². The highest BCUT2D eigenvalue weighted by Crippen LogP contribution is 2.26. The van der Waals surface area contributed by atoms with Crippen molar-refractivity contribution in [3.63, 3.8) is 0 Å². The molecule has 26 heavy (non-hydrogen) atoms. The molecule has 0 aromatic heterocycles. The van der Waals surface area contributed by atoms with Gasteiger partial charge in [0, 0.05) is 11.6 Å². The van der Waals surface area contributed by atoms with E-state index >= 15 is 0 Å². The summed E-state index contributed by atoms with van der Waals surface area (Å²) in [5, 5.41) is 6.23. The fraction of sp³-hybridized carbons (Fsp3) is 0.300. The Morgan fingerprint density at radius 3 is 2.50 bits per heavy atom. The fourth-order valence-electron chi connectivity index (χ4n) is 2.36. The molecule has 0 heterocycles. The van der Waals surface area contributed by atoms with Crippen LogP contribution < -0.4 is 15.4 Å². The molecule has 0 saturated carbocycles. The number of hydrogen-bond acceptors (Lipinski definition) is 3. The number of para-hydroxylation sites is 2. The molecule has 2 aromatic rings. The summed E-state index contributed by atoms with van der Waals surface area (Å²) in [6.45, 7) is 3.60. The van der Waals surface area contributed by atoms with E-state index in [1.54, 1.807) is 38.1 Å². The van der Waals surface area contributed by atoms with Crippen LogP contribution in [0.4, 0.5) is 5.69 Å². The van der Waals surface area contributed by atoms with Crippen LogP contribution in [0.25, 0.3) is 0 Å². The number of halogens is 1. The second-order valence-electron chi connectivity index (χ2n) is 6.42. The lowest BCUT2D eigenvalue weighted by atomic mass is 9.90. The van der Waals surface area contributed by atoms with Gasteiger partial charge in [0.25, 0.3) is 0 Å². The zero-order chi connectivity index (χ0) is 19.2. The summed E-state index contributed by atoms with van der Waals surface area (Å²) in [5.41, 5.74) is 0.323. The molecule has 0 radical (unpaired) electrons. The third-order valence-electron chi connectivity index (χ3n) is 4.08. The molecule has 2 aromatic carbocycles. The molecule has 2 rings (SSSR count). The van der Waals surface area contributed by atoms with Gasteiger partial charge in [-0.15, -0.1) is 0 Å². The normalized spacial score (nSPS) is 10.9. The number of anilines is 1. The van der Waals surface area contributed by atoms with Gasteiger partial charge in [-0.25, -0.2) is 0 Å². The average Bonchev–Trinajstić information content (AvgIpc) is 2.62. The van der Waals surface area contributed by atoms with E-state index in [4.69, 9.17) is 16.3 Å². The topological polar surface area (TPSA) is 67.4 Å². The second-order valence-corrected chi connectivity index (χ2v) is 6.85. The maximum absolute atomic E-state index is 12.6. The van der Waals surface area contributed by atoms with Crippen molar-refractivity contribution in [3.8, 4) is 5.75 Å². The number of carbonyl (C=O) groups excluding carboxylic acids is 2. The van der Waals surface area contributed by atoms with Crippen molar-refractivity contribution in [3.05, 3.63) is 59.1 Å². The molecule has 2 N–H and O–H groups in total. The first kappa shape index (κ1) is 19.8. The molecule has 0 aliphatic heterocycles. The van der Waals surface area contributed by atoms with Crippen molar-refractivity contribution in [2.75, 3.05) is 19.0 Å². The minimum absolute atomic E-state index is 0.341. The lowest BCUT2D eigenvalue weighted by molar-refractivity contribution is -0.138. The molecule has 0 aliphatic carbocycles. The van der Waals surface area contributed by atoms with E-state index < -0.39 is 11.3 Å². The van der Waals surface area contributed by atoms with Crippen LogP contribution in [0.15, 0.2) is 48.5 Å². The number of nitrogens with one attached hydrogen (secondary N) is 2. The third-order valence-corrected chi connectivity index (χ3v) is 4.31. The van der Waals surface area contributed by atoms with Crippen LogP contribution in [0, 0.1) is 5.41 Å². The molecule has 0 bridgehead atoms. The highest BCUT2D eigenvalue weighted by molar-refractivity contribution is 6.30. The summed E-state index contributed by atoms with van der Waals surface area (Å²) in [5.74, 6) is -0.202. The van der Waals surface area contributed by atoms with Crippen molar-refractivity contribution in [1.82, 2.24) is 5.32 Å². The van der Waals surface area contributed by atoms with Crippen molar-refractivity contribution in [1.29, 1.82) is 0 Å².